The molecule has 0 fully saturated rings. The lowest BCUT2D eigenvalue weighted by molar-refractivity contribution is -0.137. The predicted molar refractivity (Wildman–Crippen MR) is 92.7 cm³/mol. The number of nitrogens with zero attached hydrogens (tertiary/aromatic N) is 4. The van der Waals surface area contributed by atoms with Crippen molar-refractivity contribution in [2.45, 2.75) is 19.4 Å². The molecule has 0 saturated carbocycles. The Labute approximate surface area is 144 Å². The minimum absolute atomic E-state index is 0.0184. The van der Waals surface area contributed by atoms with E-state index in [0.717, 1.165) is 11.1 Å². The van der Waals surface area contributed by atoms with E-state index in [1.54, 1.807) is 12.4 Å². The van der Waals surface area contributed by atoms with E-state index in [0.29, 0.717) is 11.6 Å². The van der Waals surface area contributed by atoms with Crippen LogP contribution in [-0.2, 0) is 11.3 Å². The van der Waals surface area contributed by atoms with E-state index in [2.05, 4.69) is 34.1 Å². The molecule has 1 atom stereocenters. The van der Waals surface area contributed by atoms with E-state index < -0.39 is 5.97 Å². The first-order chi connectivity index (χ1) is 12.1. The molecule has 0 saturated heterocycles. The molecular formula is C19H16N4O2. The van der Waals surface area contributed by atoms with Gasteiger partial charge in [0.1, 0.15) is 12.4 Å². The summed E-state index contributed by atoms with van der Waals surface area (Å²) in [6, 6.07) is 13.7. The average Bonchev–Trinajstić information content (AvgIpc) is 3.11. The fourth-order valence-corrected chi connectivity index (χ4v) is 3.10. The van der Waals surface area contributed by atoms with Gasteiger partial charge in [0.05, 0.1) is 5.92 Å². The van der Waals surface area contributed by atoms with Crippen LogP contribution in [0.3, 0.4) is 0 Å². The van der Waals surface area contributed by atoms with Crippen molar-refractivity contribution < 1.29 is 9.90 Å². The van der Waals surface area contributed by atoms with E-state index in [4.69, 9.17) is 0 Å². The number of aromatic nitrogens is 4. The van der Waals surface area contributed by atoms with E-state index in [1.165, 1.54) is 15.8 Å². The lowest BCUT2D eigenvalue weighted by atomic mass is 10.1. The molecule has 1 aliphatic carbocycles. The number of carboxylic acid groups (broad SMARTS) is 1. The predicted octanol–water partition coefficient (Wildman–Crippen LogP) is 3.00. The fourth-order valence-electron chi connectivity index (χ4n) is 3.10. The summed E-state index contributed by atoms with van der Waals surface area (Å²) in [5.41, 5.74) is 4.35. The van der Waals surface area contributed by atoms with Gasteiger partial charge in [0.25, 0.3) is 0 Å². The molecule has 124 valence electrons. The van der Waals surface area contributed by atoms with E-state index in [9.17, 15) is 9.90 Å². The molecule has 1 N–H and O–H groups in total. The molecule has 1 aliphatic rings. The Bertz CT molecular complexity index is 962. The number of hydrogen-bond donors (Lipinski definition) is 1. The Hall–Kier alpha value is -3.28. The van der Waals surface area contributed by atoms with E-state index in [1.807, 2.05) is 30.3 Å². The first-order valence-electron chi connectivity index (χ1n) is 7.98. The summed E-state index contributed by atoms with van der Waals surface area (Å²) < 4.78 is 1.49. The van der Waals surface area contributed by atoms with Gasteiger partial charge in [-0.25, -0.2) is 9.67 Å². The van der Waals surface area contributed by atoms with Gasteiger partial charge < -0.3 is 5.11 Å². The molecule has 0 spiro atoms. The maximum absolute atomic E-state index is 11.2. The molecular weight excluding hydrogens is 316 g/mol. The number of aliphatic carboxylic acids is 1. The van der Waals surface area contributed by atoms with Gasteiger partial charge in [-0.15, -0.1) is 0 Å². The molecule has 1 aromatic carbocycles. The smallest absolute Gasteiger partial charge is 0.325 e. The second-order valence-electron chi connectivity index (χ2n) is 5.98. The van der Waals surface area contributed by atoms with Crippen molar-refractivity contribution >= 4 is 11.5 Å². The molecule has 2 aromatic heterocycles. The summed E-state index contributed by atoms with van der Waals surface area (Å²) >= 11 is 0. The lowest BCUT2D eigenvalue weighted by Crippen LogP contribution is -2.13. The fraction of sp³-hybridized carbons (Fsp3) is 0.158. The molecule has 0 radical (unpaired) electrons. The maximum atomic E-state index is 11.2. The second kappa shape index (κ2) is 5.98. The third-order valence-electron chi connectivity index (χ3n) is 4.33. The number of carboxylic acids is 1. The largest absolute Gasteiger partial charge is 0.480 e. The summed E-state index contributed by atoms with van der Waals surface area (Å²) in [5, 5.41) is 13.6. The Balaban J connectivity index is 1.72. The third kappa shape index (κ3) is 2.82. The third-order valence-corrected chi connectivity index (χ3v) is 4.33. The van der Waals surface area contributed by atoms with Crippen molar-refractivity contribution in [2.24, 2.45) is 0 Å². The highest BCUT2D eigenvalue weighted by atomic mass is 16.4. The number of hydrogen-bond acceptors (Lipinski definition) is 4. The summed E-state index contributed by atoms with van der Waals surface area (Å²) in [6.07, 6.45) is 3.34. The highest BCUT2D eigenvalue weighted by Gasteiger charge is 2.39. The van der Waals surface area contributed by atoms with Gasteiger partial charge >= 0.3 is 5.97 Å². The Morgan fingerprint density at radius 3 is 2.52 bits per heavy atom. The van der Waals surface area contributed by atoms with Crippen molar-refractivity contribution in [3.63, 3.8) is 0 Å². The van der Waals surface area contributed by atoms with Crippen molar-refractivity contribution in [1.29, 1.82) is 0 Å². The number of benzene rings is 1. The van der Waals surface area contributed by atoms with Gasteiger partial charge in [0, 0.05) is 18.0 Å². The SMILES string of the molecule is CC1=C(c2ccccc2)[C@H]1c1nc(-c2ccncc2)nn1CC(=O)O. The molecule has 6 nitrogen and oxygen atoms in total. The highest BCUT2D eigenvalue weighted by Crippen LogP contribution is 2.53. The minimum Gasteiger partial charge on any atom is -0.480 e. The summed E-state index contributed by atoms with van der Waals surface area (Å²) in [4.78, 5) is 19.9. The van der Waals surface area contributed by atoms with Crippen LogP contribution in [0.5, 0.6) is 0 Å². The van der Waals surface area contributed by atoms with Crippen LogP contribution in [0, 0.1) is 0 Å². The van der Waals surface area contributed by atoms with Crippen molar-refractivity contribution in [3.8, 4) is 11.4 Å². The van der Waals surface area contributed by atoms with Gasteiger partial charge in [-0.3, -0.25) is 9.78 Å². The van der Waals surface area contributed by atoms with Crippen LogP contribution in [0.4, 0.5) is 0 Å². The van der Waals surface area contributed by atoms with Crippen LogP contribution in [0.2, 0.25) is 0 Å². The topological polar surface area (TPSA) is 80.9 Å². The average molecular weight is 332 g/mol. The quantitative estimate of drug-likeness (QED) is 0.777. The van der Waals surface area contributed by atoms with Crippen molar-refractivity contribution in [1.82, 2.24) is 19.7 Å². The zero-order valence-electron chi connectivity index (χ0n) is 13.6. The zero-order chi connectivity index (χ0) is 17.4. The van der Waals surface area contributed by atoms with E-state index >= 15 is 0 Å². The maximum Gasteiger partial charge on any atom is 0.325 e. The molecule has 0 unspecified atom stereocenters. The molecule has 4 rings (SSSR count). The first kappa shape index (κ1) is 15.3. The molecule has 3 aromatic rings. The highest BCUT2D eigenvalue weighted by molar-refractivity contribution is 5.89. The molecule has 0 bridgehead atoms. The lowest BCUT2D eigenvalue weighted by Gasteiger charge is -2.03. The Morgan fingerprint density at radius 2 is 1.84 bits per heavy atom. The van der Waals surface area contributed by atoms with Gasteiger partial charge in [-0.2, -0.15) is 5.10 Å². The monoisotopic (exact) mass is 332 g/mol. The Kier molecular flexibility index (Phi) is 3.65. The van der Waals surface area contributed by atoms with Crippen molar-refractivity contribution in [2.75, 3.05) is 0 Å². The molecule has 6 heteroatoms. The van der Waals surface area contributed by atoms with Crippen LogP contribution >= 0.6 is 0 Å². The Morgan fingerprint density at radius 1 is 1.12 bits per heavy atom. The number of carbonyl (C=O) groups is 1. The van der Waals surface area contributed by atoms with Crippen LogP contribution < -0.4 is 0 Å². The summed E-state index contributed by atoms with van der Waals surface area (Å²) in [7, 11) is 0. The molecule has 2 heterocycles. The number of pyridine rings is 1. The zero-order valence-corrected chi connectivity index (χ0v) is 13.6. The van der Waals surface area contributed by atoms with Crippen molar-refractivity contribution in [3.05, 3.63) is 71.8 Å². The normalized spacial score (nSPS) is 16.1. The van der Waals surface area contributed by atoms with Crippen LogP contribution in [0.1, 0.15) is 24.2 Å². The first-order valence-corrected chi connectivity index (χ1v) is 7.98. The molecule has 25 heavy (non-hydrogen) atoms. The minimum atomic E-state index is -0.938. The van der Waals surface area contributed by atoms with Crippen LogP contribution in [-0.4, -0.2) is 30.8 Å². The van der Waals surface area contributed by atoms with Gasteiger partial charge in [-0.05, 0) is 30.2 Å². The summed E-state index contributed by atoms with van der Waals surface area (Å²) in [5.74, 6) is 0.271. The summed E-state index contributed by atoms with van der Waals surface area (Å²) in [6.45, 7) is 1.85. The number of allylic oxidation sites excluding steroid dienone is 2. The molecule has 0 amide bonds. The molecule has 0 aliphatic heterocycles. The van der Waals surface area contributed by atoms with Gasteiger partial charge in [-0.1, -0.05) is 35.9 Å². The number of rotatable bonds is 5. The standard InChI is InChI=1S/C19H16N4O2/c1-12-16(13-5-3-2-4-6-13)17(12)19-21-18(14-7-9-20-10-8-14)22-23(19)11-15(24)25/h2-10,17H,11H2,1H3,(H,24,25)/t17-/m0/s1. The van der Waals surface area contributed by atoms with Crippen LogP contribution in [0.15, 0.2) is 60.4 Å². The van der Waals surface area contributed by atoms with E-state index in [-0.39, 0.29) is 12.5 Å². The van der Waals surface area contributed by atoms with Gasteiger partial charge in [0.15, 0.2) is 5.82 Å². The van der Waals surface area contributed by atoms with Crippen LogP contribution in [0.25, 0.3) is 17.0 Å². The van der Waals surface area contributed by atoms with Gasteiger partial charge in [0.2, 0.25) is 0 Å². The second-order valence-corrected chi connectivity index (χ2v) is 5.98.